The van der Waals surface area contributed by atoms with Crippen molar-refractivity contribution in [2.24, 2.45) is 39.9 Å². The molecule has 10 atom stereocenters. The third-order valence-corrected chi connectivity index (χ3v) is 11.7. The molecular weight excluding hydrogens is 424 g/mol. The third kappa shape index (κ3) is 3.52. The van der Waals surface area contributed by atoms with Gasteiger partial charge in [0.05, 0.1) is 29.0 Å². The molecule has 1 heterocycles. The third-order valence-electron chi connectivity index (χ3n) is 11.7. The van der Waals surface area contributed by atoms with Crippen LogP contribution in [0.25, 0.3) is 0 Å². The van der Waals surface area contributed by atoms with E-state index in [0.29, 0.717) is 11.8 Å². The van der Waals surface area contributed by atoms with E-state index in [1.54, 1.807) is 0 Å². The van der Waals surface area contributed by atoms with Gasteiger partial charge in [-0.1, -0.05) is 46.3 Å². The second-order valence-electron chi connectivity index (χ2n) is 14.7. The lowest BCUT2D eigenvalue weighted by atomic mass is 9.42. The van der Waals surface area contributed by atoms with Crippen LogP contribution in [0.15, 0.2) is 11.6 Å². The van der Waals surface area contributed by atoms with E-state index in [2.05, 4.69) is 47.6 Å². The SMILES string of the molecule is CC[C@]1(C)C2=CC[C@]3(C)[C@@H]([C@@]4(C)CC[C@@H](C(C)(C)O)O4)[C@@H](O)C[C@@]3(C)C2C[C@H](C)[C@H]1C(C)(C)O. The molecule has 4 rings (SSSR count). The minimum atomic E-state index is -0.876. The zero-order valence-corrected chi connectivity index (χ0v) is 23.5. The first kappa shape index (κ1) is 26.6. The van der Waals surface area contributed by atoms with Crippen molar-refractivity contribution >= 4 is 0 Å². The van der Waals surface area contributed by atoms with Crippen LogP contribution in [-0.2, 0) is 4.74 Å². The Kier molecular flexibility index (Phi) is 6.10. The molecule has 34 heavy (non-hydrogen) atoms. The van der Waals surface area contributed by atoms with Gasteiger partial charge >= 0.3 is 0 Å². The number of rotatable bonds is 4. The zero-order chi connectivity index (χ0) is 25.7. The number of aliphatic hydroxyl groups excluding tert-OH is 1. The van der Waals surface area contributed by atoms with Crippen molar-refractivity contribution in [3.63, 3.8) is 0 Å². The van der Waals surface area contributed by atoms with Crippen LogP contribution in [0.4, 0.5) is 0 Å². The van der Waals surface area contributed by atoms with Gasteiger partial charge in [-0.05, 0) is 107 Å². The van der Waals surface area contributed by atoms with Crippen molar-refractivity contribution in [1.29, 1.82) is 0 Å². The standard InChI is InChI=1S/C30H52O4/c1-11-27(7)19-12-14-28(8)24(30(10)15-13-22(34-30)25(3,4)32)21(31)17-29(28,9)20(19)16-18(2)23(27)26(5,6)33/h12,18,20-24,31-33H,11,13-17H2,1-10H3/t18-,20?,21-,22-,23-,24-,27+,28+,29-,30+/m0/s1. The van der Waals surface area contributed by atoms with Gasteiger partial charge in [-0.3, -0.25) is 0 Å². The lowest BCUT2D eigenvalue weighted by Crippen LogP contribution is -2.58. The molecule has 4 heteroatoms. The molecule has 0 amide bonds. The Morgan fingerprint density at radius 2 is 1.65 bits per heavy atom. The summed E-state index contributed by atoms with van der Waals surface area (Å²) in [7, 11) is 0. The topological polar surface area (TPSA) is 69.9 Å². The molecule has 1 unspecified atom stereocenters. The first-order valence-corrected chi connectivity index (χ1v) is 13.9. The number of allylic oxidation sites excluding steroid dienone is 2. The van der Waals surface area contributed by atoms with Gasteiger partial charge in [0.15, 0.2) is 0 Å². The maximum Gasteiger partial charge on any atom is 0.0865 e. The van der Waals surface area contributed by atoms with E-state index in [0.717, 1.165) is 38.5 Å². The second kappa shape index (κ2) is 7.79. The Balaban J connectivity index is 1.77. The van der Waals surface area contributed by atoms with Gasteiger partial charge < -0.3 is 20.1 Å². The van der Waals surface area contributed by atoms with Crippen molar-refractivity contribution in [3.8, 4) is 0 Å². The predicted molar refractivity (Wildman–Crippen MR) is 137 cm³/mol. The lowest BCUT2D eigenvalue weighted by molar-refractivity contribution is -0.174. The Bertz CT molecular complexity index is 836. The zero-order valence-electron chi connectivity index (χ0n) is 23.5. The molecule has 4 nitrogen and oxygen atoms in total. The first-order chi connectivity index (χ1) is 15.3. The van der Waals surface area contributed by atoms with E-state index in [1.807, 2.05) is 27.7 Å². The van der Waals surface area contributed by atoms with E-state index >= 15 is 0 Å². The predicted octanol–water partition coefficient (Wildman–Crippen LogP) is 5.88. The second-order valence-corrected chi connectivity index (χ2v) is 14.7. The van der Waals surface area contributed by atoms with Crippen molar-refractivity contribution in [2.75, 3.05) is 0 Å². The summed E-state index contributed by atoms with van der Waals surface area (Å²) >= 11 is 0. The van der Waals surface area contributed by atoms with Gasteiger partial charge in [-0.2, -0.15) is 0 Å². The summed E-state index contributed by atoms with van der Waals surface area (Å²) in [5, 5.41) is 33.6. The molecule has 4 aliphatic rings. The molecule has 1 aliphatic heterocycles. The van der Waals surface area contributed by atoms with E-state index in [1.165, 1.54) is 5.57 Å². The van der Waals surface area contributed by atoms with E-state index in [4.69, 9.17) is 4.74 Å². The molecule has 0 radical (unpaired) electrons. The highest BCUT2D eigenvalue weighted by molar-refractivity contribution is 5.34. The number of hydrogen-bond acceptors (Lipinski definition) is 4. The van der Waals surface area contributed by atoms with E-state index < -0.39 is 22.9 Å². The van der Waals surface area contributed by atoms with Crippen molar-refractivity contribution in [3.05, 3.63) is 11.6 Å². The van der Waals surface area contributed by atoms with Crippen LogP contribution in [-0.4, -0.2) is 44.3 Å². The Labute approximate surface area is 208 Å². The van der Waals surface area contributed by atoms with E-state index in [-0.39, 0.29) is 34.2 Å². The summed E-state index contributed by atoms with van der Waals surface area (Å²) in [6.07, 6.45) is 7.42. The van der Waals surface area contributed by atoms with Gasteiger partial charge in [0.2, 0.25) is 0 Å². The van der Waals surface area contributed by atoms with Crippen LogP contribution in [0.1, 0.15) is 108 Å². The highest BCUT2D eigenvalue weighted by Crippen LogP contribution is 2.73. The van der Waals surface area contributed by atoms with Gasteiger partial charge in [0.1, 0.15) is 0 Å². The minimum Gasteiger partial charge on any atom is -0.393 e. The van der Waals surface area contributed by atoms with Gasteiger partial charge in [-0.25, -0.2) is 0 Å². The average molecular weight is 477 g/mol. The Hall–Kier alpha value is -0.420. The fraction of sp³-hybridized carbons (Fsp3) is 0.933. The highest BCUT2D eigenvalue weighted by Gasteiger charge is 2.70. The number of ether oxygens (including phenoxy) is 1. The fourth-order valence-corrected chi connectivity index (χ4v) is 10.2. The normalized spacial score (nSPS) is 51.7. The maximum absolute atomic E-state index is 11.7. The van der Waals surface area contributed by atoms with E-state index in [9.17, 15) is 15.3 Å². The summed E-state index contributed by atoms with van der Waals surface area (Å²) in [5.41, 5.74) is -0.680. The Morgan fingerprint density at radius 3 is 2.15 bits per heavy atom. The van der Waals surface area contributed by atoms with Crippen LogP contribution in [0.3, 0.4) is 0 Å². The van der Waals surface area contributed by atoms with Gasteiger partial charge in [0, 0.05) is 5.92 Å². The molecule has 0 aromatic carbocycles. The summed E-state index contributed by atoms with van der Waals surface area (Å²) in [4.78, 5) is 0. The molecule has 0 aromatic heterocycles. The van der Waals surface area contributed by atoms with Crippen LogP contribution >= 0.6 is 0 Å². The quantitative estimate of drug-likeness (QED) is 0.443. The molecule has 0 spiro atoms. The van der Waals surface area contributed by atoms with Crippen LogP contribution in [0, 0.1) is 39.9 Å². The number of aliphatic hydroxyl groups is 3. The van der Waals surface area contributed by atoms with Crippen molar-refractivity contribution in [2.45, 2.75) is 137 Å². The summed E-state index contributed by atoms with van der Waals surface area (Å²) in [6, 6.07) is 0. The molecule has 3 aliphatic carbocycles. The van der Waals surface area contributed by atoms with Crippen LogP contribution in [0.2, 0.25) is 0 Å². The monoisotopic (exact) mass is 476 g/mol. The summed E-state index contributed by atoms with van der Waals surface area (Å²) < 4.78 is 6.64. The number of hydrogen-bond donors (Lipinski definition) is 3. The summed E-state index contributed by atoms with van der Waals surface area (Å²) in [6.45, 7) is 21.7. The fourth-order valence-electron chi connectivity index (χ4n) is 10.2. The van der Waals surface area contributed by atoms with Crippen molar-refractivity contribution < 1.29 is 20.1 Å². The smallest absolute Gasteiger partial charge is 0.0865 e. The average Bonchev–Trinajstić information content (AvgIpc) is 3.16. The molecule has 3 fully saturated rings. The Morgan fingerprint density at radius 1 is 1.03 bits per heavy atom. The molecule has 0 aromatic rings. The maximum atomic E-state index is 11.7. The molecule has 2 saturated carbocycles. The van der Waals surface area contributed by atoms with Crippen LogP contribution < -0.4 is 0 Å². The van der Waals surface area contributed by atoms with Gasteiger partial charge in [0.25, 0.3) is 0 Å². The molecule has 1 saturated heterocycles. The number of fused-ring (bicyclic) bond motifs is 3. The lowest BCUT2D eigenvalue weighted by Gasteiger charge is -2.63. The van der Waals surface area contributed by atoms with Gasteiger partial charge in [-0.15, -0.1) is 0 Å². The highest BCUT2D eigenvalue weighted by atomic mass is 16.5. The molecule has 3 N–H and O–H groups in total. The van der Waals surface area contributed by atoms with Crippen molar-refractivity contribution in [1.82, 2.24) is 0 Å². The minimum absolute atomic E-state index is 0.0321. The molecule has 0 bridgehead atoms. The molecular formula is C30H52O4. The molecule has 196 valence electrons. The largest absolute Gasteiger partial charge is 0.393 e. The van der Waals surface area contributed by atoms with Crippen LogP contribution in [0.5, 0.6) is 0 Å². The summed E-state index contributed by atoms with van der Waals surface area (Å²) in [5.74, 6) is 1.05. The first-order valence-electron chi connectivity index (χ1n) is 13.9.